The summed E-state index contributed by atoms with van der Waals surface area (Å²) in [5.74, 6) is -0.352. The molecule has 2 rings (SSSR count). The van der Waals surface area contributed by atoms with Crippen LogP contribution in [0.3, 0.4) is 0 Å². The lowest BCUT2D eigenvalue weighted by molar-refractivity contribution is 0.537. The highest BCUT2D eigenvalue weighted by molar-refractivity contribution is 6.30. The molecule has 0 amide bonds. The summed E-state index contributed by atoms with van der Waals surface area (Å²) in [5, 5.41) is 7.63. The monoisotopic (exact) mass is 267 g/mol. The van der Waals surface area contributed by atoms with E-state index < -0.39 is 0 Å². The third-order valence-corrected chi connectivity index (χ3v) is 3.19. The van der Waals surface area contributed by atoms with E-state index in [-0.39, 0.29) is 16.9 Å². The molecule has 0 aliphatic carbocycles. The van der Waals surface area contributed by atoms with Gasteiger partial charge in [-0.25, -0.2) is 4.39 Å². The topological polar surface area (TPSA) is 29.9 Å². The predicted octanol–water partition coefficient (Wildman–Crippen LogP) is 2.72. The molecule has 1 aromatic carbocycles. The minimum Gasteiger partial charge on any atom is -0.311 e. The number of nitrogens with zero attached hydrogens (tertiary/aromatic N) is 2. The van der Waals surface area contributed by atoms with Gasteiger partial charge in [0.15, 0.2) is 0 Å². The van der Waals surface area contributed by atoms with Gasteiger partial charge in [-0.05, 0) is 31.2 Å². The van der Waals surface area contributed by atoms with Crippen LogP contribution < -0.4 is 5.32 Å². The highest BCUT2D eigenvalue weighted by Crippen LogP contribution is 2.23. The molecule has 96 valence electrons. The van der Waals surface area contributed by atoms with Gasteiger partial charge in [0.2, 0.25) is 0 Å². The fourth-order valence-electron chi connectivity index (χ4n) is 1.90. The first kappa shape index (κ1) is 13.1. The summed E-state index contributed by atoms with van der Waals surface area (Å²) < 4.78 is 15.6. The van der Waals surface area contributed by atoms with E-state index in [4.69, 9.17) is 11.6 Å². The lowest BCUT2D eigenvalue weighted by Gasteiger charge is -2.14. The molecule has 0 radical (unpaired) electrons. The molecule has 1 aromatic heterocycles. The summed E-state index contributed by atoms with van der Waals surface area (Å²) in [5.41, 5.74) is 1.48. The van der Waals surface area contributed by atoms with Crippen LogP contribution in [0.4, 0.5) is 4.39 Å². The quantitative estimate of drug-likeness (QED) is 0.923. The Morgan fingerprint density at radius 2 is 2.22 bits per heavy atom. The molecule has 1 heterocycles. The van der Waals surface area contributed by atoms with Crippen LogP contribution in [-0.4, -0.2) is 16.8 Å². The maximum atomic E-state index is 13.8. The summed E-state index contributed by atoms with van der Waals surface area (Å²) >= 11 is 5.78. The Morgan fingerprint density at radius 3 is 2.83 bits per heavy atom. The van der Waals surface area contributed by atoms with Gasteiger partial charge in [-0.1, -0.05) is 23.7 Å². The van der Waals surface area contributed by atoms with E-state index in [0.29, 0.717) is 12.0 Å². The van der Waals surface area contributed by atoms with Crippen molar-refractivity contribution in [2.75, 3.05) is 7.05 Å². The van der Waals surface area contributed by atoms with Gasteiger partial charge >= 0.3 is 0 Å². The first-order chi connectivity index (χ1) is 8.61. The number of likely N-dealkylation sites (N-methyl/N-ethyl adjacent to an activating group) is 1. The molecule has 2 aromatic rings. The van der Waals surface area contributed by atoms with Crippen LogP contribution in [0.25, 0.3) is 0 Å². The van der Waals surface area contributed by atoms with E-state index >= 15 is 0 Å². The SMILES string of the molecule is CNC(Cc1cccc(Cl)c1F)c1ccn(C)n1. The first-order valence-corrected chi connectivity index (χ1v) is 6.09. The van der Waals surface area contributed by atoms with Crippen LogP contribution in [0.15, 0.2) is 30.5 Å². The zero-order valence-electron chi connectivity index (χ0n) is 10.3. The third kappa shape index (κ3) is 2.71. The summed E-state index contributed by atoms with van der Waals surface area (Å²) in [6.07, 6.45) is 2.38. The number of benzene rings is 1. The molecular formula is C13H15ClFN3. The highest BCUT2D eigenvalue weighted by atomic mass is 35.5. The molecule has 1 atom stereocenters. The molecular weight excluding hydrogens is 253 g/mol. The van der Waals surface area contributed by atoms with Gasteiger partial charge in [0.05, 0.1) is 16.8 Å². The molecule has 1 unspecified atom stereocenters. The summed E-state index contributed by atoms with van der Waals surface area (Å²) in [4.78, 5) is 0. The summed E-state index contributed by atoms with van der Waals surface area (Å²) in [7, 11) is 3.69. The molecule has 0 bridgehead atoms. The van der Waals surface area contributed by atoms with Gasteiger partial charge in [-0.15, -0.1) is 0 Å². The fourth-order valence-corrected chi connectivity index (χ4v) is 2.09. The normalized spacial score (nSPS) is 12.7. The lowest BCUT2D eigenvalue weighted by atomic mass is 10.0. The molecule has 3 nitrogen and oxygen atoms in total. The average Bonchev–Trinajstić information content (AvgIpc) is 2.78. The van der Waals surface area contributed by atoms with E-state index in [1.165, 1.54) is 0 Å². The van der Waals surface area contributed by atoms with Crippen LogP contribution in [0.2, 0.25) is 5.02 Å². The first-order valence-electron chi connectivity index (χ1n) is 5.71. The summed E-state index contributed by atoms with van der Waals surface area (Å²) in [6.45, 7) is 0. The Balaban J connectivity index is 2.23. The van der Waals surface area contributed by atoms with Crippen molar-refractivity contribution in [1.82, 2.24) is 15.1 Å². The molecule has 0 aliphatic heterocycles. The molecule has 0 aliphatic rings. The predicted molar refractivity (Wildman–Crippen MR) is 70.1 cm³/mol. The Bertz CT molecular complexity index is 539. The third-order valence-electron chi connectivity index (χ3n) is 2.90. The number of rotatable bonds is 4. The van der Waals surface area contributed by atoms with Gasteiger partial charge in [0, 0.05) is 13.2 Å². The van der Waals surface area contributed by atoms with E-state index in [0.717, 1.165) is 5.69 Å². The van der Waals surface area contributed by atoms with Gasteiger partial charge in [-0.2, -0.15) is 5.10 Å². The zero-order chi connectivity index (χ0) is 13.1. The number of nitrogens with one attached hydrogen (secondary N) is 1. The average molecular weight is 268 g/mol. The minimum atomic E-state index is -0.352. The van der Waals surface area contributed by atoms with Gasteiger partial charge in [0.25, 0.3) is 0 Å². The van der Waals surface area contributed by atoms with Crippen LogP contribution in [0.1, 0.15) is 17.3 Å². The Labute approximate surface area is 111 Å². The second-order valence-corrected chi connectivity index (χ2v) is 4.58. The van der Waals surface area contributed by atoms with Crippen LogP contribution >= 0.6 is 11.6 Å². The van der Waals surface area contributed by atoms with E-state index in [9.17, 15) is 4.39 Å². The van der Waals surface area contributed by atoms with Crippen LogP contribution in [0, 0.1) is 5.82 Å². The fraction of sp³-hybridized carbons (Fsp3) is 0.308. The standard InChI is InChI=1S/C13H15ClFN3/c1-16-12(11-6-7-18(2)17-11)8-9-4-3-5-10(14)13(9)15/h3-7,12,16H,8H2,1-2H3. The van der Waals surface area contributed by atoms with Crippen molar-refractivity contribution in [1.29, 1.82) is 0 Å². The van der Waals surface area contributed by atoms with E-state index in [2.05, 4.69) is 10.4 Å². The minimum absolute atomic E-state index is 0.0285. The second-order valence-electron chi connectivity index (χ2n) is 4.17. The molecule has 18 heavy (non-hydrogen) atoms. The second kappa shape index (κ2) is 5.50. The number of hydrogen-bond acceptors (Lipinski definition) is 2. The van der Waals surface area contributed by atoms with Gasteiger partial charge < -0.3 is 5.32 Å². The number of aryl methyl sites for hydroxylation is 1. The van der Waals surface area contributed by atoms with Crippen molar-refractivity contribution in [2.45, 2.75) is 12.5 Å². The van der Waals surface area contributed by atoms with E-state index in [1.807, 2.05) is 26.4 Å². The smallest absolute Gasteiger partial charge is 0.145 e. The zero-order valence-corrected chi connectivity index (χ0v) is 11.1. The van der Waals surface area contributed by atoms with E-state index in [1.54, 1.807) is 22.9 Å². The van der Waals surface area contributed by atoms with Crippen molar-refractivity contribution >= 4 is 11.6 Å². The Hall–Kier alpha value is -1.39. The Morgan fingerprint density at radius 1 is 1.44 bits per heavy atom. The van der Waals surface area contributed by atoms with Crippen LogP contribution in [-0.2, 0) is 13.5 Å². The number of halogens is 2. The molecule has 1 N–H and O–H groups in total. The maximum Gasteiger partial charge on any atom is 0.145 e. The number of aromatic nitrogens is 2. The Kier molecular flexibility index (Phi) is 3.99. The lowest BCUT2D eigenvalue weighted by Crippen LogP contribution is -2.20. The largest absolute Gasteiger partial charge is 0.311 e. The molecule has 0 saturated carbocycles. The van der Waals surface area contributed by atoms with Crippen molar-refractivity contribution in [3.8, 4) is 0 Å². The van der Waals surface area contributed by atoms with Gasteiger partial charge in [0.1, 0.15) is 5.82 Å². The van der Waals surface area contributed by atoms with Crippen molar-refractivity contribution in [3.05, 3.63) is 52.6 Å². The van der Waals surface area contributed by atoms with Gasteiger partial charge in [-0.3, -0.25) is 4.68 Å². The molecule has 0 fully saturated rings. The molecule has 0 saturated heterocycles. The molecule has 0 spiro atoms. The number of hydrogen-bond donors (Lipinski definition) is 1. The highest BCUT2D eigenvalue weighted by Gasteiger charge is 2.16. The van der Waals surface area contributed by atoms with Crippen molar-refractivity contribution in [2.24, 2.45) is 7.05 Å². The van der Waals surface area contributed by atoms with Crippen LogP contribution in [0.5, 0.6) is 0 Å². The van der Waals surface area contributed by atoms with Crippen molar-refractivity contribution < 1.29 is 4.39 Å². The maximum absolute atomic E-state index is 13.8. The summed E-state index contributed by atoms with van der Waals surface area (Å²) in [6, 6.07) is 6.94. The van der Waals surface area contributed by atoms with Crippen molar-refractivity contribution in [3.63, 3.8) is 0 Å². The molecule has 5 heteroatoms.